The number of aromatic nitrogens is 2. The van der Waals surface area contributed by atoms with Crippen LogP contribution in [0.15, 0.2) is 24.4 Å². The van der Waals surface area contributed by atoms with Gasteiger partial charge < -0.3 is 5.32 Å². The molecule has 0 saturated heterocycles. The molecular weight excluding hydrogens is 198 g/mol. The van der Waals surface area contributed by atoms with Gasteiger partial charge in [-0.3, -0.25) is 5.10 Å². The van der Waals surface area contributed by atoms with Gasteiger partial charge in [0.15, 0.2) is 0 Å². The number of nitrogens with zero attached hydrogens (tertiary/aromatic N) is 1. The number of hydrogen-bond acceptors (Lipinski definition) is 2. The molecule has 1 aromatic heterocycles. The molecule has 0 fully saturated rings. The van der Waals surface area contributed by atoms with Crippen molar-refractivity contribution >= 4 is 16.6 Å². The Morgan fingerprint density at radius 1 is 1.44 bits per heavy atom. The molecule has 16 heavy (non-hydrogen) atoms. The van der Waals surface area contributed by atoms with E-state index in [1.807, 2.05) is 6.20 Å². The predicted octanol–water partition coefficient (Wildman–Crippen LogP) is 3.41. The lowest BCUT2D eigenvalue weighted by atomic mass is 10.1. The SMILES string of the molecule is CCCC(C)CNc1cccc2cn[nH]c12. The van der Waals surface area contributed by atoms with Gasteiger partial charge in [0.05, 0.1) is 17.4 Å². The minimum absolute atomic E-state index is 0.711. The second-order valence-corrected chi connectivity index (χ2v) is 4.41. The lowest BCUT2D eigenvalue weighted by Crippen LogP contribution is -2.11. The first-order valence-electron chi connectivity index (χ1n) is 5.97. The van der Waals surface area contributed by atoms with Gasteiger partial charge >= 0.3 is 0 Å². The summed E-state index contributed by atoms with van der Waals surface area (Å²) in [5.74, 6) is 0.711. The summed E-state index contributed by atoms with van der Waals surface area (Å²) in [6.07, 6.45) is 4.37. The van der Waals surface area contributed by atoms with E-state index in [1.54, 1.807) is 0 Å². The molecule has 0 radical (unpaired) electrons. The molecule has 2 aromatic rings. The molecule has 1 aromatic carbocycles. The Bertz CT molecular complexity index is 447. The molecule has 0 aliphatic rings. The molecule has 1 heterocycles. The number of anilines is 1. The zero-order chi connectivity index (χ0) is 11.4. The fourth-order valence-corrected chi connectivity index (χ4v) is 2.00. The molecule has 0 bridgehead atoms. The van der Waals surface area contributed by atoms with Gasteiger partial charge in [0.1, 0.15) is 0 Å². The van der Waals surface area contributed by atoms with Crippen LogP contribution in [0.25, 0.3) is 10.9 Å². The van der Waals surface area contributed by atoms with Gasteiger partial charge in [0.25, 0.3) is 0 Å². The second-order valence-electron chi connectivity index (χ2n) is 4.41. The molecule has 2 N–H and O–H groups in total. The lowest BCUT2D eigenvalue weighted by Gasteiger charge is -2.12. The van der Waals surface area contributed by atoms with E-state index in [4.69, 9.17) is 0 Å². The minimum Gasteiger partial charge on any atom is -0.383 e. The molecule has 3 heteroatoms. The standard InChI is InChI=1S/C13H19N3/c1-3-5-10(2)8-14-12-7-4-6-11-9-15-16-13(11)12/h4,6-7,9-10,14H,3,5,8H2,1-2H3,(H,15,16). The highest BCUT2D eigenvalue weighted by atomic mass is 15.1. The zero-order valence-electron chi connectivity index (χ0n) is 9.96. The smallest absolute Gasteiger partial charge is 0.0881 e. The van der Waals surface area contributed by atoms with Gasteiger partial charge in [-0.2, -0.15) is 5.10 Å². The van der Waals surface area contributed by atoms with E-state index in [2.05, 4.69) is 47.6 Å². The van der Waals surface area contributed by atoms with Gasteiger partial charge in [-0.05, 0) is 18.4 Å². The van der Waals surface area contributed by atoms with Crippen LogP contribution in [0.4, 0.5) is 5.69 Å². The number of H-pyrrole nitrogens is 1. The van der Waals surface area contributed by atoms with Crippen LogP contribution in [0.3, 0.4) is 0 Å². The molecule has 3 nitrogen and oxygen atoms in total. The monoisotopic (exact) mass is 217 g/mol. The summed E-state index contributed by atoms with van der Waals surface area (Å²) in [6.45, 7) is 5.53. The summed E-state index contributed by atoms with van der Waals surface area (Å²) >= 11 is 0. The quantitative estimate of drug-likeness (QED) is 0.805. The molecule has 0 amide bonds. The Kier molecular flexibility index (Phi) is 3.44. The first-order valence-corrected chi connectivity index (χ1v) is 5.97. The predicted molar refractivity (Wildman–Crippen MR) is 68.7 cm³/mol. The summed E-state index contributed by atoms with van der Waals surface area (Å²) in [6, 6.07) is 6.23. The highest BCUT2D eigenvalue weighted by molar-refractivity contribution is 5.89. The molecule has 1 unspecified atom stereocenters. The fourth-order valence-electron chi connectivity index (χ4n) is 2.00. The Morgan fingerprint density at radius 2 is 2.31 bits per heavy atom. The van der Waals surface area contributed by atoms with Crippen molar-refractivity contribution in [1.29, 1.82) is 0 Å². The van der Waals surface area contributed by atoms with E-state index < -0.39 is 0 Å². The largest absolute Gasteiger partial charge is 0.383 e. The average molecular weight is 217 g/mol. The van der Waals surface area contributed by atoms with Gasteiger partial charge in [-0.15, -0.1) is 0 Å². The van der Waals surface area contributed by atoms with Crippen LogP contribution >= 0.6 is 0 Å². The van der Waals surface area contributed by atoms with Crippen LogP contribution in [0.2, 0.25) is 0 Å². The number of fused-ring (bicyclic) bond motifs is 1. The molecule has 0 spiro atoms. The molecule has 2 rings (SSSR count). The normalized spacial score (nSPS) is 12.9. The highest BCUT2D eigenvalue weighted by Gasteiger charge is 2.04. The maximum atomic E-state index is 4.06. The minimum atomic E-state index is 0.711. The molecular formula is C13H19N3. The van der Waals surface area contributed by atoms with E-state index >= 15 is 0 Å². The summed E-state index contributed by atoms with van der Waals surface area (Å²) in [5, 5.41) is 11.7. The third-order valence-corrected chi connectivity index (χ3v) is 2.90. The van der Waals surface area contributed by atoms with E-state index in [-0.39, 0.29) is 0 Å². The Hall–Kier alpha value is -1.51. The second kappa shape index (κ2) is 5.01. The van der Waals surface area contributed by atoms with Crippen molar-refractivity contribution in [2.24, 2.45) is 5.92 Å². The van der Waals surface area contributed by atoms with Crippen LogP contribution in [-0.4, -0.2) is 16.7 Å². The van der Waals surface area contributed by atoms with Crippen molar-refractivity contribution in [3.63, 3.8) is 0 Å². The van der Waals surface area contributed by atoms with Crippen molar-refractivity contribution in [2.45, 2.75) is 26.7 Å². The summed E-state index contributed by atoms with van der Waals surface area (Å²) < 4.78 is 0. The maximum absolute atomic E-state index is 4.06. The number of hydrogen-bond donors (Lipinski definition) is 2. The highest BCUT2D eigenvalue weighted by Crippen LogP contribution is 2.20. The van der Waals surface area contributed by atoms with Crippen molar-refractivity contribution in [1.82, 2.24) is 10.2 Å². The van der Waals surface area contributed by atoms with Gasteiger partial charge in [0, 0.05) is 11.9 Å². The van der Waals surface area contributed by atoms with Gasteiger partial charge in [0.2, 0.25) is 0 Å². The van der Waals surface area contributed by atoms with Crippen LogP contribution in [0.1, 0.15) is 26.7 Å². The van der Waals surface area contributed by atoms with Crippen LogP contribution in [-0.2, 0) is 0 Å². The number of nitrogens with one attached hydrogen (secondary N) is 2. The number of benzene rings is 1. The van der Waals surface area contributed by atoms with Crippen LogP contribution in [0, 0.1) is 5.92 Å². The molecule has 1 atom stereocenters. The number of para-hydroxylation sites is 1. The Labute approximate surface area is 96.2 Å². The lowest BCUT2D eigenvalue weighted by molar-refractivity contribution is 0.551. The van der Waals surface area contributed by atoms with Crippen LogP contribution in [0.5, 0.6) is 0 Å². The summed E-state index contributed by atoms with van der Waals surface area (Å²) in [4.78, 5) is 0. The molecule has 86 valence electrons. The molecule has 0 saturated carbocycles. The Morgan fingerprint density at radius 3 is 3.12 bits per heavy atom. The third-order valence-electron chi connectivity index (χ3n) is 2.90. The van der Waals surface area contributed by atoms with E-state index in [1.165, 1.54) is 12.8 Å². The van der Waals surface area contributed by atoms with Crippen LogP contribution < -0.4 is 5.32 Å². The fraction of sp³-hybridized carbons (Fsp3) is 0.462. The molecule has 0 aliphatic carbocycles. The summed E-state index contributed by atoms with van der Waals surface area (Å²) in [7, 11) is 0. The van der Waals surface area contributed by atoms with Gasteiger partial charge in [-0.25, -0.2) is 0 Å². The average Bonchev–Trinajstić information content (AvgIpc) is 2.75. The van der Waals surface area contributed by atoms with Gasteiger partial charge in [-0.1, -0.05) is 32.4 Å². The summed E-state index contributed by atoms with van der Waals surface area (Å²) in [5.41, 5.74) is 2.25. The third kappa shape index (κ3) is 2.35. The number of rotatable bonds is 5. The Balaban J connectivity index is 2.06. The zero-order valence-corrected chi connectivity index (χ0v) is 9.96. The maximum Gasteiger partial charge on any atom is 0.0881 e. The first-order chi connectivity index (χ1) is 7.81. The van der Waals surface area contributed by atoms with Crippen molar-refractivity contribution in [3.8, 4) is 0 Å². The van der Waals surface area contributed by atoms with E-state index in [0.29, 0.717) is 5.92 Å². The van der Waals surface area contributed by atoms with Crippen molar-refractivity contribution in [2.75, 3.05) is 11.9 Å². The topological polar surface area (TPSA) is 40.7 Å². The first kappa shape index (κ1) is 11.0. The molecule has 0 aliphatic heterocycles. The van der Waals surface area contributed by atoms with Crippen molar-refractivity contribution < 1.29 is 0 Å². The number of aromatic amines is 1. The van der Waals surface area contributed by atoms with Crippen molar-refractivity contribution in [3.05, 3.63) is 24.4 Å². The van der Waals surface area contributed by atoms with E-state index in [0.717, 1.165) is 23.1 Å². The van der Waals surface area contributed by atoms with E-state index in [9.17, 15) is 0 Å².